The third-order valence-corrected chi connectivity index (χ3v) is 1.65. The summed E-state index contributed by atoms with van der Waals surface area (Å²) in [6.45, 7) is 7.53. The van der Waals surface area contributed by atoms with Crippen molar-refractivity contribution in [3.05, 3.63) is 25.3 Å². The van der Waals surface area contributed by atoms with Crippen LogP contribution in [0.3, 0.4) is 0 Å². The van der Waals surface area contributed by atoms with Gasteiger partial charge >= 0.3 is 0 Å². The van der Waals surface area contributed by atoms with Crippen LogP contribution in [-0.2, 0) is 4.74 Å². The van der Waals surface area contributed by atoms with Gasteiger partial charge in [0.2, 0.25) is 0 Å². The molecule has 0 spiro atoms. The Morgan fingerprint density at radius 3 is 2.15 bits per heavy atom. The summed E-state index contributed by atoms with van der Waals surface area (Å²) in [4.78, 5) is 0. The van der Waals surface area contributed by atoms with Crippen molar-refractivity contribution < 1.29 is 14.9 Å². The SMILES string of the molecule is C=CCC(O)(CC=C)COCCO. The molecule has 3 heteroatoms. The van der Waals surface area contributed by atoms with Crippen LogP contribution < -0.4 is 0 Å². The van der Waals surface area contributed by atoms with Crippen LogP contribution in [0.25, 0.3) is 0 Å². The van der Waals surface area contributed by atoms with Gasteiger partial charge in [0.05, 0.1) is 25.4 Å². The van der Waals surface area contributed by atoms with Crippen LogP contribution in [0.15, 0.2) is 25.3 Å². The van der Waals surface area contributed by atoms with Gasteiger partial charge in [-0.05, 0) is 12.8 Å². The summed E-state index contributed by atoms with van der Waals surface area (Å²) >= 11 is 0. The van der Waals surface area contributed by atoms with E-state index in [1.807, 2.05) is 0 Å². The maximum Gasteiger partial charge on any atom is 0.0948 e. The number of aliphatic hydroxyl groups excluding tert-OH is 1. The molecule has 0 fully saturated rings. The minimum absolute atomic E-state index is 0.0295. The zero-order valence-corrected chi connectivity index (χ0v) is 7.91. The van der Waals surface area contributed by atoms with Gasteiger partial charge in [0.1, 0.15) is 0 Å². The Bertz CT molecular complexity index is 144. The lowest BCUT2D eigenvalue weighted by atomic mass is 9.97. The number of aliphatic hydroxyl groups is 2. The van der Waals surface area contributed by atoms with E-state index in [4.69, 9.17) is 9.84 Å². The first-order valence-corrected chi connectivity index (χ1v) is 4.31. The van der Waals surface area contributed by atoms with E-state index in [1.165, 1.54) is 0 Å². The number of hydrogen-bond donors (Lipinski definition) is 2. The van der Waals surface area contributed by atoms with Crippen LogP contribution in [0.2, 0.25) is 0 Å². The molecule has 0 aromatic rings. The highest BCUT2D eigenvalue weighted by molar-refractivity contribution is 4.91. The van der Waals surface area contributed by atoms with Crippen molar-refractivity contribution in [1.82, 2.24) is 0 Å². The van der Waals surface area contributed by atoms with Crippen LogP contribution in [0.4, 0.5) is 0 Å². The van der Waals surface area contributed by atoms with Gasteiger partial charge in [0, 0.05) is 0 Å². The molecule has 0 unspecified atom stereocenters. The molecule has 0 aliphatic rings. The Kier molecular flexibility index (Phi) is 6.49. The summed E-state index contributed by atoms with van der Waals surface area (Å²) in [6.07, 6.45) is 4.21. The molecule has 0 aromatic heterocycles. The van der Waals surface area contributed by atoms with Crippen molar-refractivity contribution in [2.45, 2.75) is 18.4 Å². The first kappa shape index (κ1) is 12.4. The molecule has 0 aliphatic heterocycles. The van der Waals surface area contributed by atoms with Crippen LogP contribution in [0.5, 0.6) is 0 Å². The molecular formula is C10H18O3. The third kappa shape index (κ3) is 5.58. The molecule has 0 atom stereocenters. The van der Waals surface area contributed by atoms with Crippen LogP contribution >= 0.6 is 0 Å². The zero-order chi connectivity index (χ0) is 10.2. The largest absolute Gasteiger partial charge is 0.394 e. The summed E-state index contributed by atoms with van der Waals surface area (Å²) in [7, 11) is 0. The lowest BCUT2D eigenvalue weighted by molar-refractivity contribution is -0.0486. The predicted octanol–water partition coefficient (Wildman–Crippen LogP) is 0.879. The van der Waals surface area contributed by atoms with E-state index < -0.39 is 5.60 Å². The molecule has 2 N–H and O–H groups in total. The highest BCUT2D eigenvalue weighted by Gasteiger charge is 2.23. The zero-order valence-electron chi connectivity index (χ0n) is 7.91. The van der Waals surface area contributed by atoms with Gasteiger partial charge < -0.3 is 14.9 Å². The average molecular weight is 186 g/mol. The van der Waals surface area contributed by atoms with E-state index >= 15 is 0 Å². The van der Waals surface area contributed by atoms with Gasteiger partial charge in [-0.3, -0.25) is 0 Å². The van der Waals surface area contributed by atoms with E-state index in [-0.39, 0.29) is 19.8 Å². The molecule has 0 radical (unpaired) electrons. The van der Waals surface area contributed by atoms with Crippen molar-refractivity contribution >= 4 is 0 Å². The Morgan fingerprint density at radius 2 is 1.77 bits per heavy atom. The fourth-order valence-corrected chi connectivity index (χ4v) is 1.07. The van der Waals surface area contributed by atoms with Crippen LogP contribution in [0.1, 0.15) is 12.8 Å². The topological polar surface area (TPSA) is 49.7 Å². The van der Waals surface area contributed by atoms with Crippen LogP contribution in [0, 0.1) is 0 Å². The molecule has 0 saturated heterocycles. The van der Waals surface area contributed by atoms with E-state index in [0.29, 0.717) is 12.8 Å². The van der Waals surface area contributed by atoms with Gasteiger partial charge in [-0.25, -0.2) is 0 Å². The molecule has 76 valence electrons. The smallest absolute Gasteiger partial charge is 0.0948 e. The minimum atomic E-state index is -0.918. The van der Waals surface area contributed by atoms with Crippen molar-refractivity contribution in [3.8, 4) is 0 Å². The Balaban J connectivity index is 3.90. The average Bonchev–Trinajstić information content (AvgIpc) is 2.05. The van der Waals surface area contributed by atoms with Gasteiger partial charge in [-0.15, -0.1) is 13.2 Å². The molecule has 0 saturated carbocycles. The van der Waals surface area contributed by atoms with E-state index in [0.717, 1.165) is 0 Å². The highest BCUT2D eigenvalue weighted by atomic mass is 16.5. The number of rotatable bonds is 8. The predicted molar refractivity (Wildman–Crippen MR) is 52.5 cm³/mol. The first-order valence-electron chi connectivity index (χ1n) is 4.31. The summed E-state index contributed by atoms with van der Waals surface area (Å²) in [5.41, 5.74) is -0.918. The van der Waals surface area contributed by atoms with Gasteiger partial charge in [0.25, 0.3) is 0 Å². The first-order chi connectivity index (χ1) is 6.18. The summed E-state index contributed by atoms with van der Waals surface area (Å²) < 4.78 is 5.06. The second-order valence-corrected chi connectivity index (χ2v) is 2.99. The molecular weight excluding hydrogens is 168 g/mol. The number of hydrogen-bond acceptors (Lipinski definition) is 3. The minimum Gasteiger partial charge on any atom is -0.394 e. The summed E-state index contributed by atoms with van der Waals surface area (Å²) in [6, 6.07) is 0. The fraction of sp³-hybridized carbons (Fsp3) is 0.600. The van der Waals surface area contributed by atoms with Gasteiger partial charge in [0.15, 0.2) is 0 Å². The van der Waals surface area contributed by atoms with E-state index in [1.54, 1.807) is 12.2 Å². The van der Waals surface area contributed by atoms with Crippen molar-refractivity contribution in [1.29, 1.82) is 0 Å². The normalized spacial score (nSPS) is 11.2. The third-order valence-electron chi connectivity index (χ3n) is 1.65. The Hall–Kier alpha value is -0.640. The molecule has 3 nitrogen and oxygen atoms in total. The lowest BCUT2D eigenvalue weighted by Gasteiger charge is -2.25. The maximum atomic E-state index is 9.89. The molecule has 0 bridgehead atoms. The molecule has 0 rings (SSSR count). The lowest BCUT2D eigenvalue weighted by Crippen LogP contribution is -2.33. The van der Waals surface area contributed by atoms with Crippen molar-refractivity contribution in [3.63, 3.8) is 0 Å². The summed E-state index contributed by atoms with van der Waals surface area (Å²) in [5.74, 6) is 0. The second kappa shape index (κ2) is 6.83. The Morgan fingerprint density at radius 1 is 1.23 bits per heavy atom. The second-order valence-electron chi connectivity index (χ2n) is 2.99. The molecule has 0 amide bonds. The van der Waals surface area contributed by atoms with E-state index in [2.05, 4.69) is 13.2 Å². The standard InChI is InChI=1S/C10H18O3/c1-3-5-10(12,6-4-2)9-13-8-7-11/h3-4,11-12H,1-2,5-9H2. The van der Waals surface area contributed by atoms with E-state index in [9.17, 15) is 5.11 Å². The molecule has 13 heavy (non-hydrogen) atoms. The van der Waals surface area contributed by atoms with Gasteiger partial charge in [-0.1, -0.05) is 12.2 Å². The Labute approximate surface area is 79.3 Å². The maximum absolute atomic E-state index is 9.89. The fourth-order valence-electron chi connectivity index (χ4n) is 1.07. The van der Waals surface area contributed by atoms with Crippen molar-refractivity contribution in [2.24, 2.45) is 0 Å². The van der Waals surface area contributed by atoms with Crippen LogP contribution in [-0.4, -0.2) is 35.6 Å². The van der Waals surface area contributed by atoms with Crippen molar-refractivity contribution in [2.75, 3.05) is 19.8 Å². The molecule has 0 aromatic carbocycles. The quantitative estimate of drug-likeness (QED) is 0.437. The highest BCUT2D eigenvalue weighted by Crippen LogP contribution is 2.16. The molecule has 0 heterocycles. The monoisotopic (exact) mass is 186 g/mol. The number of ether oxygens (including phenoxy) is 1. The summed E-state index contributed by atoms with van der Waals surface area (Å²) in [5, 5.41) is 18.4. The van der Waals surface area contributed by atoms with Gasteiger partial charge in [-0.2, -0.15) is 0 Å². The molecule has 0 aliphatic carbocycles.